The minimum atomic E-state index is 0.920. The van der Waals surface area contributed by atoms with Gasteiger partial charge in [-0.2, -0.15) is 0 Å². The average molecular weight is 554 g/mol. The van der Waals surface area contributed by atoms with Gasteiger partial charge in [0.2, 0.25) is 0 Å². The molecular weight excluding hydrogens is 518 g/mol. The van der Waals surface area contributed by atoms with Crippen LogP contribution in [0.1, 0.15) is 33.3 Å². The van der Waals surface area contributed by atoms with Crippen LogP contribution in [0.25, 0.3) is 60.0 Å². The molecule has 0 saturated heterocycles. The lowest BCUT2D eigenvalue weighted by atomic mass is 9.98. The first-order chi connectivity index (χ1) is 20.2. The Hall–Kier alpha value is -4.54. The molecule has 0 N–H and O–H groups in total. The third-order valence-electron chi connectivity index (χ3n) is 6.69. The summed E-state index contributed by atoms with van der Waals surface area (Å²) in [6.07, 6.45) is 0. The Morgan fingerprint density at radius 1 is 0.537 bits per heavy atom. The number of thiazole rings is 1. The number of aromatic nitrogens is 3. The van der Waals surface area contributed by atoms with E-state index in [0.29, 0.717) is 0 Å². The second-order valence-corrected chi connectivity index (χ2v) is 10.3. The van der Waals surface area contributed by atoms with Crippen LogP contribution in [0.2, 0.25) is 0 Å². The standard InChI is InChI=1S/C33H23N3S.2C2H6/c1-22-15-17-23(18-16-22)24-19-25(21-26(20-24)33-35-29-12-6-8-14-31(29)37-33)32-34-28-11-5-7-13-30(28)36(32)27-9-3-2-4-10-27;2*1-2/h2-21H,1H3;2*1-2H3. The van der Waals surface area contributed by atoms with Crippen LogP contribution in [0, 0.1) is 6.92 Å². The highest BCUT2D eigenvalue weighted by molar-refractivity contribution is 7.21. The molecule has 0 atom stereocenters. The topological polar surface area (TPSA) is 30.7 Å². The van der Waals surface area contributed by atoms with E-state index >= 15 is 0 Å². The molecule has 4 heteroatoms. The van der Waals surface area contributed by atoms with Gasteiger partial charge in [-0.3, -0.25) is 4.57 Å². The number of aryl methyl sites for hydroxylation is 1. The number of imidazole rings is 1. The lowest BCUT2D eigenvalue weighted by Gasteiger charge is -2.12. The van der Waals surface area contributed by atoms with Crippen LogP contribution in [0.5, 0.6) is 0 Å². The molecule has 3 nitrogen and oxygen atoms in total. The Morgan fingerprint density at radius 3 is 1.88 bits per heavy atom. The normalized spacial score (nSPS) is 10.6. The van der Waals surface area contributed by atoms with Crippen LogP contribution in [0.15, 0.2) is 121 Å². The monoisotopic (exact) mass is 553 g/mol. The van der Waals surface area contributed by atoms with Crippen LogP contribution in [-0.2, 0) is 0 Å². The van der Waals surface area contributed by atoms with Crippen molar-refractivity contribution in [3.63, 3.8) is 0 Å². The molecule has 7 aromatic rings. The predicted molar refractivity (Wildman–Crippen MR) is 178 cm³/mol. The largest absolute Gasteiger partial charge is 0.292 e. The van der Waals surface area contributed by atoms with Crippen molar-refractivity contribution >= 4 is 32.6 Å². The van der Waals surface area contributed by atoms with Crippen molar-refractivity contribution in [1.82, 2.24) is 14.5 Å². The van der Waals surface area contributed by atoms with E-state index in [2.05, 4.69) is 115 Å². The Morgan fingerprint density at radius 2 is 1.15 bits per heavy atom. The van der Waals surface area contributed by atoms with Gasteiger partial charge < -0.3 is 0 Å². The van der Waals surface area contributed by atoms with Crippen LogP contribution >= 0.6 is 11.3 Å². The number of rotatable bonds is 4. The molecule has 41 heavy (non-hydrogen) atoms. The molecule has 0 aliphatic heterocycles. The molecule has 0 spiro atoms. The first kappa shape index (κ1) is 28.0. The van der Waals surface area contributed by atoms with Gasteiger partial charge in [0.25, 0.3) is 0 Å². The van der Waals surface area contributed by atoms with Gasteiger partial charge in [0.05, 0.1) is 21.3 Å². The van der Waals surface area contributed by atoms with Crippen molar-refractivity contribution in [2.75, 3.05) is 0 Å². The number of fused-ring (bicyclic) bond motifs is 2. The van der Waals surface area contributed by atoms with E-state index in [9.17, 15) is 0 Å². The van der Waals surface area contributed by atoms with E-state index in [1.54, 1.807) is 11.3 Å². The van der Waals surface area contributed by atoms with Crippen LogP contribution in [-0.4, -0.2) is 14.5 Å². The predicted octanol–water partition coefficient (Wildman–Crippen LogP) is 11.0. The highest BCUT2D eigenvalue weighted by Crippen LogP contribution is 2.37. The molecule has 0 fully saturated rings. The second-order valence-electron chi connectivity index (χ2n) is 9.25. The molecule has 0 unspecified atom stereocenters. The van der Waals surface area contributed by atoms with Gasteiger partial charge in [0, 0.05) is 16.8 Å². The smallest absolute Gasteiger partial charge is 0.145 e. The van der Waals surface area contributed by atoms with E-state index in [4.69, 9.17) is 9.97 Å². The molecule has 0 aliphatic carbocycles. The first-order valence-electron chi connectivity index (χ1n) is 14.3. The van der Waals surface area contributed by atoms with E-state index < -0.39 is 0 Å². The lowest BCUT2D eigenvalue weighted by molar-refractivity contribution is 1.10. The van der Waals surface area contributed by atoms with Crippen molar-refractivity contribution in [3.8, 4) is 38.8 Å². The molecule has 0 saturated carbocycles. The van der Waals surface area contributed by atoms with Gasteiger partial charge >= 0.3 is 0 Å². The molecule has 7 rings (SSSR count). The summed E-state index contributed by atoms with van der Waals surface area (Å²) in [6, 6.07) is 42.6. The van der Waals surface area contributed by atoms with E-state index in [1.165, 1.54) is 15.8 Å². The molecule has 204 valence electrons. The summed E-state index contributed by atoms with van der Waals surface area (Å²) < 4.78 is 3.45. The quantitative estimate of drug-likeness (QED) is 0.217. The molecule has 0 aliphatic rings. The number of hydrogen-bond donors (Lipinski definition) is 0. The third kappa shape index (κ3) is 5.70. The molecule has 0 bridgehead atoms. The molecule has 5 aromatic carbocycles. The maximum absolute atomic E-state index is 5.13. The van der Waals surface area contributed by atoms with Crippen molar-refractivity contribution in [3.05, 3.63) is 127 Å². The van der Waals surface area contributed by atoms with E-state index in [1.807, 2.05) is 45.9 Å². The maximum Gasteiger partial charge on any atom is 0.145 e. The molecule has 0 amide bonds. The Labute approximate surface area is 246 Å². The number of hydrogen-bond acceptors (Lipinski definition) is 3. The Kier molecular flexibility index (Phi) is 8.71. The third-order valence-corrected chi connectivity index (χ3v) is 7.78. The highest BCUT2D eigenvalue weighted by atomic mass is 32.1. The summed E-state index contributed by atoms with van der Waals surface area (Å²) in [5.74, 6) is 0.920. The minimum Gasteiger partial charge on any atom is -0.292 e. The van der Waals surface area contributed by atoms with Crippen molar-refractivity contribution < 1.29 is 0 Å². The average Bonchev–Trinajstić information content (AvgIpc) is 3.66. The number of nitrogens with zero attached hydrogens (tertiary/aromatic N) is 3. The lowest BCUT2D eigenvalue weighted by Crippen LogP contribution is -1.98. The molecule has 2 aromatic heterocycles. The van der Waals surface area contributed by atoms with Crippen LogP contribution in [0.3, 0.4) is 0 Å². The zero-order valence-corrected chi connectivity index (χ0v) is 25.1. The number of benzene rings is 5. The SMILES string of the molecule is CC.CC.Cc1ccc(-c2cc(-c3nc4ccccc4s3)cc(-c3nc4ccccc4n3-c3ccccc3)c2)cc1. The zero-order valence-electron chi connectivity index (χ0n) is 24.3. The Balaban J connectivity index is 0.000000810. The van der Waals surface area contributed by atoms with Crippen molar-refractivity contribution in [1.29, 1.82) is 0 Å². The van der Waals surface area contributed by atoms with Gasteiger partial charge in [-0.05, 0) is 72.6 Å². The maximum atomic E-state index is 5.13. The van der Waals surface area contributed by atoms with Crippen LogP contribution < -0.4 is 0 Å². The molecule has 2 heterocycles. The fraction of sp³-hybridized carbons (Fsp3) is 0.135. The van der Waals surface area contributed by atoms with Crippen molar-refractivity contribution in [2.45, 2.75) is 34.6 Å². The molecule has 0 radical (unpaired) electrons. The summed E-state index contributed by atoms with van der Waals surface area (Å²) in [5, 5.41) is 1.01. The summed E-state index contributed by atoms with van der Waals surface area (Å²) >= 11 is 1.73. The summed E-state index contributed by atoms with van der Waals surface area (Å²) in [6.45, 7) is 10.1. The van der Waals surface area contributed by atoms with Gasteiger partial charge in [-0.25, -0.2) is 9.97 Å². The highest BCUT2D eigenvalue weighted by Gasteiger charge is 2.17. The summed E-state index contributed by atoms with van der Waals surface area (Å²) in [5.41, 5.74) is 9.92. The van der Waals surface area contributed by atoms with E-state index in [0.717, 1.165) is 49.8 Å². The second kappa shape index (κ2) is 12.8. The van der Waals surface area contributed by atoms with Gasteiger partial charge in [0.15, 0.2) is 0 Å². The fourth-order valence-electron chi connectivity index (χ4n) is 4.85. The minimum absolute atomic E-state index is 0.920. The van der Waals surface area contributed by atoms with E-state index in [-0.39, 0.29) is 0 Å². The number of para-hydroxylation sites is 4. The van der Waals surface area contributed by atoms with Gasteiger partial charge in [-0.15, -0.1) is 11.3 Å². The first-order valence-corrected chi connectivity index (χ1v) is 15.2. The van der Waals surface area contributed by atoms with Crippen LogP contribution in [0.4, 0.5) is 0 Å². The van der Waals surface area contributed by atoms with Gasteiger partial charge in [0.1, 0.15) is 10.8 Å². The van der Waals surface area contributed by atoms with Crippen molar-refractivity contribution in [2.24, 2.45) is 0 Å². The van der Waals surface area contributed by atoms with Gasteiger partial charge in [-0.1, -0.05) is 100.0 Å². The Bertz CT molecular complexity index is 1850. The fourth-order valence-corrected chi connectivity index (χ4v) is 5.80. The summed E-state index contributed by atoms with van der Waals surface area (Å²) in [7, 11) is 0. The zero-order chi connectivity index (χ0) is 28.8. The molecular formula is C37H35N3S. The summed E-state index contributed by atoms with van der Waals surface area (Å²) in [4.78, 5) is 10.1.